The van der Waals surface area contributed by atoms with Crippen molar-refractivity contribution in [3.8, 4) is 0 Å². The maximum absolute atomic E-state index is 12.9. The SMILES string of the molecule is CCCN1C(=O)[C@H](CC(=O)Nc2cc(C)ccc2C)SC1=Nc1cccc(C)c1. The number of anilines is 1. The highest BCUT2D eigenvalue weighted by atomic mass is 32.2. The van der Waals surface area contributed by atoms with E-state index in [1.54, 1.807) is 4.90 Å². The Kier molecular flexibility index (Phi) is 6.75. The molecule has 152 valence electrons. The minimum atomic E-state index is -0.449. The lowest BCUT2D eigenvalue weighted by Crippen LogP contribution is -2.34. The van der Waals surface area contributed by atoms with Gasteiger partial charge in [0.1, 0.15) is 5.25 Å². The van der Waals surface area contributed by atoms with E-state index in [0.29, 0.717) is 11.7 Å². The van der Waals surface area contributed by atoms with Gasteiger partial charge in [-0.25, -0.2) is 4.99 Å². The maximum atomic E-state index is 12.9. The summed E-state index contributed by atoms with van der Waals surface area (Å²) in [7, 11) is 0. The summed E-state index contributed by atoms with van der Waals surface area (Å²) in [6.45, 7) is 8.59. The number of carbonyl (C=O) groups excluding carboxylic acids is 2. The van der Waals surface area contributed by atoms with Crippen molar-refractivity contribution >= 4 is 40.1 Å². The topological polar surface area (TPSA) is 61.8 Å². The minimum absolute atomic E-state index is 0.0423. The van der Waals surface area contributed by atoms with E-state index in [0.717, 1.165) is 34.5 Å². The van der Waals surface area contributed by atoms with Crippen molar-refractivity contribution in [2.75, 3.05) is 11.9 Å². The highest BCUT2D eigenvalue weighted by molar-refractivity contribution is 8.15. The number of benzene rings is 2. The van der Waals surface area contributed by atoms with Gasteiger partial charge in [-0.1, -0.05) is 43.0 Å². The van der Waals surface area contributed by atoms with Crippen LogP contribution >= 0.6 is 11.8 Å². The Morgan fingerprint density at radius 3 is 2.62 bits per heavy atom. The minimum Gasteiger partial charge on any atom is -0.326 e. The van der Waals surface area contributed by atoms with Gasteiger partial charge in [-0.05, 0) is 62.1 Å². The Morgan fingerprint density at radius 2 is 1.90 bits per heavy atom. The normalized spacial score (nSPS) is 17.8. The molecule has 0 bridgehead atoms. The van der Waals surface area contributed by atoms with Crippen LogP contribution in [0.5, 0.6) is 0 Å². The molecule has 1 saturated heterocycles. The van der Waals surface area contributed by atoms with Gasteiger partial charge in [0.2, 0.25) is 11.8 Å². The van der Waals surface area contributed by atoms with Gasteiger partial charge in [-0.3, -0.25) is 14.5 Å². The summed E-state index contributed by atoms with van der Waals surface area (Å²) in [5.74, 6) is -0.197. The third-order valence-corrected chi connectivity index (χ3v) is 5.91. The first kappa shape index (κ1) is 21.1. The first-order valence-electron chi connectivity index (χ1n) is 9.88. The quantitative estimate of drug-likeness (QED) is 0.732. The predicted octanol–water partition coefficient (Wildman–Crippen LogP) is 4.98. The lowest BCUT2D eigenvalue weighted by Gasteiger charge is -2.15. The maximum Gasteiger partial charge on any atom is 0.242 e. The number of amides is 2. The van der Waals surface area contributed by atoms with Gasteiger partial charge < -0.3 is 5.32 Å². The van der Waals surface area contributed by atoms with E-state index in [-0.39, 0.29) is 18.2 Å². The molecule has 6 heteroatoms. The van der Waals surface area contributed by atoms with Crippen LogP contribution in [0, 0.1) is 20.8 Å². The number of amidine groups is 1. The molecule has 29 heavy (non-hydrogen) atoms. The second kappa shape index (κ2) is 9.27. The first-order chi connectivity index (χ1) is 13.9. The molecule has 0 aromatic heterocycles. The van der Waals surface area contributed by atoms with Crippen LogP contribution < -0.4 is 5.32 Å². The molecule has 2 aromatic carbocycles. The van der Waals surface area contributed by atoms with E-state index in [1.807, 2.05) is 70.2 Å². The van der Waals surface area contributed by atoms with E-state index in [1.165, 1.54) is 11.8 Å². The summed E-state index contributed by atoms with van der Waals surface area (Å²) < 4.78 is 0. The van der Waals surface area contributed by atoms with Crippen LogP contribution in [-0.4, -0.2) is 33.7 Å². The van der Waals surface area contributed by atoms with Gasteiger partial charge in [0.15, 0.2) is 5.17 Å². The van der Waals surface area contributed by atoms with Crippen LogP contribution in [0.2, 0.25) is 0 Å². The van der Waals surface area contributed by atoms with E-state index >= 15 is 0 Å². The van der Waals surface area contributed by atoms with E-state index in [9.17, 15) is 9.59 Å². The lowest BCUT2D eigenvalue weighted by molar-refractivity contribution is -0.128. The fourth-order valence-electron chi connectivity index (χ4n) is 3.20. The average molecular weight is 410 g/mol. The number of aryl methyl sites for hydroxylation is 3. The molecule has 1 N–H and O–H groups in total. The molecule has 5 nitrogen and oxygen atoms in total. The molecular weight excluding hydrogens is 382 g/mol. The van der Waals surface area contributed by atoms with Crippen LogP contribution in [0.25, 0.3) is 0 Å². The summed E-state index contributed by atoms with van der Waals surface area (Å²) in [5.41, 5.74) is 4.82. The molecule has 1 aliphatic rings. The van der Waals surface area contributed by atoms with Crippen molar-refractivity contribution in [2.45, 2.75) is 45.8 Å². The Hall–Kier alpha value is -2.60. The smallest absolute Gasteiger partial charge is 0.242 e. The number of nitrogens with one attached hydrogen (secondary N) is 1. The highest BCUT2D eigenvalue weighted by Crippen LogP contribution is 2.32. The second-order valence-electron chi connectivity index (χ2n) is 7.40. The Morgan fingerprint density at radius 1 is 1.14 bits per heavy atom. The molecule has 0 saturated carbocycles. The summed E-state index contributed by atoms with van der Waals surface area (Å²) in [6.07, 6.45) is 0.963. The fourth-order valence-corrected chi connectivity index (χ4v) is 4.39. The Balaban J connectivity index is 1.75. The number of aliphatic imine (C=N–C) groups is 1. The van der Waals surface area contributed by atoms with Gasteiger partial charge in [-0.2, -0.15) is 0 Å². The molecule has 0 unspecified atom stereocenters. The third-order valence-electron chi connectivity index (χ3n) is 4.73. The van der Waals surface area contributed by atoms with Gasteiger partial charge in [0, 0.05) is 18.7 Å². The number of hydrogen-bond donors (Lipinski definition) is 1. The third kappa shape index (κ3) is 5.26. The van der Waals surface area contributed by atoms with Crippen LogP contribution in [0.1, 0.15) is 36.5 Å². The Bertz CT molecular complexity index is 955. The summed E-state index contributed by atoms with van der Waals surface area (Å²) in [6, 6.07) is 13.8. The van der Waals surface area contributed by atoms with Gasteiger partial charge >= 0.3 is 0 Å². The standard InChI is InChI=1S/C23H27N3O2S/c1-5-11-26-22(28)20(29-23(26)24-18-8-6-7-15(2)12-18)14-21(27)25-19-13-16(3)9-10-17(19)4/h6-10,12-13,20H,5,11,14H2,1-4H3,(H,25,27)/t20-/m0/s1. The highest BCUT2D eigenvalue weighted by Gasteiger charge is 2.38. The zero-order valence-electron chi connectivity index (χ0n) is 17.4. The van der Waals surface area contributed by atoms with Crippen molar-refractivity contribution in [3.05, 3.63) is 59.2 Å². The molecule has 2 amide bonds. The predicted molar refractivity (Wildman–Crippen MR) is 121 cm³/mol. The largest absolute Gasteiger partial charge is 0.326 e. The van der Waals surface area contributed by atoms with Gasteiger partial charge in [-0.15, -0.1) is 0 Å². The number of nitrogens with zero attached hydrogens (tertiary/aromatic N) is 2. The molecular formula is C23H27N3O2S. The van der Waals surface area contributed by atoms with E-state index in [4.69, 9.17) is 0 Å². The molecule has 0 spiro atoms. The molecule has 3 rings (SSSR count). The molecule has 1 atom stereocenters. The monoisotopic (exact) mass is 409 g/mol. The van der Waals surface area contributed by atoms with Crippen molar-refractivity contribution in [1.29, 1.82) is 0 Å². The summed E-state index contributed by atoms with van der Waals surface area (Å²) in [4.78, 5) is 31.9. The fraction of sp³-hybridized carbons (Fsp3) is 0.348. The van der Waals surface area contributed by atoms with Crippen molar-refractivity contribution in [2.24, 2.45) is 4.99 Å². The number of hydrogen-bond acceptors (Lipinski definition) is 4. The molecule has 1 heterocycles. The Labute approximate surface area is 176 Å². The molecule has 0 aliphatic carbocycles. The number of rotatable bonds is 6. The van der Waals surface area contributed by atoms with E-state index in [2.05, 4.69) is 10.3 Å². The summed E-state index contributed by atoms with van der Waals surface area (Å²) >= 11 is 1.38. The van der Waals surface area contributed by atoms with Crippen molar-refractivity contribution in [1.82, 2.24) is 4.90 Å². The van der Waals surface area contributed by atoms with Crippen LogP contribution in [0.15, 0.2) is 47.5 Å². The van der Waals surface area contributed by atoms with Crippen LogP contribution in [0.3, 0.4) is 0 Å². The zero-order valence-corrected chi connectivity index (χ0v) is 18.2. The zero-order chi connectivity index (χ0) is 21.0. The molecule has 0 radical (unpaired) electrons. The van der Waals surface area contributed by atoms with Crippen LogP contribution in [0.4, 0.5) is 11.4 Å². The average Bonchev–Trinajstić information content (AvgIpc) is 2.94. The van der Waals surface area contributed by atoms with Crippen molar-refractivity contribution < 1.29 is 9.59 Å². The van der Waals surface area contributed by atoms with Crippen LogP contribution in [-0.2, 0) is 9.59 Å². The van der Waals surface area contributed by atoms with Gasteiger partial charge in [0.05, 0.1) is 5.69 Å². The van der Waals surface area contributed by atoms with E-state index < -0.39 is 5.25 Å². The molecule has 2 aromatic rings. The molecule has 1 fully saturated rings. The first-order valence-corrected chi connectivity index (χ1v) is 10.8. The molecule has 1 aliphatic heterocycles. The van der Waals surface area contributed by atoms with Crippen molar-refractivity contribution in [3.63, 3.8) is 0 Å². The summed E-state index contributed by atoms with van der Waals surface area (Å²) in [5, 5.41) is 3.18. The lowest BCUT2D eigenvalue weighted by atomic mass is 10.1. The number of carbonyl (C=O) groups is 2. The second-order valence-corrected chi connectivity index (χ2v) is 8.57. The van der Waals surface area contributed by atoms with Gasteiger partial charge in [0.25, 0.3) is 0 Å². The number of thioether (sulfide) groups is 1.